The van der Waals surface area contributed by atoms with Gasteiger partial charge >= 0.3 is 0 Å². The maximum Gasteiger partial charge on any atom is 0.254 e. The highest BCUT2D eigenvalue weighted by Gasteiger charge is 2.19. The molecular weight excluding hydrogens is 320 g/mol. The van der Waals surface area contributed by atoms with Gasteiger partial charge in [-0.05, 0) is 35.4 Å². The number of carbonyl (C=O) groups is 1. The summed E-state index contributed by atoms with van der Waals surface area (Å²) in [6.07, 6.45) is -0.731. The molecule has 2 aromatic carbocycles. The lowest BCUT2D eigenvalue weighted by atomic mass is 10.1. The minimum atomic E-state index is -0.731. The lowest BCUT2D eigenvalue weighted by Crippen LogP contribution is -2.29. The molecule has 2 rings (SSSR count). The van der Waals surface area contributed by atoms with Crippen molar-refractivity contribution in [3.63, 3.8) is 0 Å². The summed E-state index contributed by atoms with van der Waals surface area (Å²) >= 11 is 0. The van der Waals surface area contributed by atoms with Crippen LogP contribution in [-0.4, -0.2) is 31.3 Å². The fourth-order valence-corrected chi connectivity index (χ4v) is 2.28. The van der Waals surface area contributed by atoms with Gasteiger partial charge in [0.25, 0.3) is 5.91 Å². The number of benzene rings is 2. The lowest BCUT2D eigenvalue weighted by molar-refractivity contribution is -0.131. The third-order valence-electron chi connectivity index (χ3n) is 3.57. The van der Waals surface area contributed by atoms with Gasteiger partial charge in [-0.1, -0.05) is 24.3 Å². The third kappa shape index (κ3) is 5.31. The molecule has 1 atom stereocenters. The first-order valence-electron chi connectivity index (χ1n) is 7.81. The molecule has 0 bridgehead atoms. The first-order valence-corrected chi connectivity index (χ1v) is 7.81. The van der Waals surface area contributed by atoms with Crippen LogP contribution in [0.4, 0.5) is 0 Å². The molecule has 0 heterocycles. The average Bonchev–Trinajstić information content (AvgIpc) is 2.66. The number of nitrogens with zero attached hydrogens (tertiary/aromatic N) is 1. The molecule has 2 N–H and O–H groups in total. The van der Waals surface area contributed by atoms with Crippen molar-refractivity contribution in [1.82, 2.24) is 5.32 Å². The number of hydrogen-bond donors (Lipinski definition) is 2. The molecule has 0 saturated carbocycles. The Bertz CT molecular complexity index is 721. The van der Waals surface area contributed by atoms with Crippen molar-refractivity contribution in [2.24, 2.45) is 0 Å². The number of methoxy groups -OCH3 is 1. The summed E-state index contributed by atoms with van der Waals surface area (Å²) in [7, 11) is 1.47. The van der Waals surface area contributed by atoms with Gasteiger partial charge in [0.1, 0.15) is 12.4 Å². The minimum Gasteiger partial charge on any atom is -0.491 e. The molecule has 25 heavy (non-hydrogen) atoms. The highest BCUT2D eigenvalue weighted by Crippen LogP contribution is 2.20. The van der Waals surface area contributed by atoms with E-state index < -0.39 is 6.10 Å². The first-order chi connectivity index (χ1) is 12.2. The van der Waals surface area contributed by atoms with Crippen LogP contribution < -0.4 is 10.1 Å². The zero-order valence-electron chi connectivity index (χ0n) is 13.9. The van der Waals surface area contributed by atoms with Crippen molar-refractivity contribution < 1.29 is 19.4 Å². The van der Waals surface area contributed by atoms with Crippen LogP contribution in [0.1, 0.15) is 22.8 Å². The van der Waals surface area contributed by atoms with E-state index in [1.807, 2.05) is 0 Å². The zero-order chi connectivity index (χ0) is 18.1. The van der Waals surface area contributed by atoms with E-state index in [9.17, 15) is 4.79 Å². The number of carbonyl (C=O) groups excluding carboxylic acids is 1. The van der Waals surface area contributed by atoms with Gasteiger partial charge in [-0.25, -0.2) is 0 Å². The molecule has 130 valence electrons. The van der Waals surface area contributed by atoms with Gasteiger partial charge in [0.2, 0.25) is 0 Å². The summed E-state index contributed by atoms with van der Waals surface area (Å²) in [5.41, 5.74) is 2.18. The van der Waals surface area contributed by atoms with Crippen LogP contribution in [-0.2, 0) is 16.1 Å². The highest BCUT2D eigenvalue weighted by molar-refractivity contribution is 5.82. The number of aliphatic hydroxyl groups excluding tert-OH is 1. The molecule has 6 nitrogen and oxygen atoms in total. The summed E-state index contributed by atoms with van der Waals surface area (Å²) in [5.74, 6) is 0.363. The molecular formula is C19H20N2O4. The second-order valence-corrected chi connectivity index (χ2v) is 5.28. The molecule has 6 heteroatoms. The van der Waals surface area contributed by atoms with Crippen molar-refractivity contribution in [2.45, 2.75) is 12.6 Å². The second-order valence-electron chi connectivity index (χ2n) is 5.28. The average molecular weight is 340 g/mol. The summed E-state index contributed by atoms with van der Waals surface area (Å²) < 4.78 is 10.6. The standard InChI is InChI=1S/C19H20N2O4/c1-24-18(16-6-8-17(9-7-16)25-11-10-22)19(23)21-13-15-4-2-14(12-20)3-5-15/h2-9,18,22H,10-11,13H2,1H3,(H,21,23)/t18-/m0/s1. The molecule has 0 radical (unpaired) electrons. The van der Waals surface area contributed by atoms with Crippen LogP contribution in [0, 0.1) is 11.3 Å². The second kappa shape index (κ2) is 9.42. The number of amides is 1. The molecule has 0 saturated heterocycles. The number of aliphatic hydroxyl groups is 1. The maximum absolute atomic E-state index is 12.4. The molecule has 1 amide bonds. The highest BCUT2D eigenvalue weighted by atomic mass is 16.5. The van der Waals surface area contributed by atoms with Gasteiger partial charge in [0, 0.05) is 13.7 Å². The van der Waals surface area contributed by atoms with E-state index in [-0.39, 0.29) is 19.1 Å². The smallest absolute Gasteiger partial charge is 0.254 e. The predicted molar refractivity (Wildman–Crippen MR) is 91.8 cm³/mol. The van der Waals surface area contributed by atoms with Gasteiger partial charge < -0.3 is 19.9 Å². The fraction of sp³-hybridized carbons (Fsp3) is 0.263. The number of ether oxygens (including phenoxy) is 2. The number of hydrogen-bond acceptors (Lipinski definition) is 5. The van der Waals surface area contributed by atoms with E-state index in [2.05, 4.69) is 11.4 Å². The van der Waals surface area contributed by atoms with E-state index in [1.54, 1.807) is 48.5 Å². The monoisotopic (exact) mass is 340 g/mol. The summed E-state index contributed by atoms with van der Waals surface area (Å²) in [4.78, 5) is 12.4. The molecule has 0 fully saturated rings. The molecule has 0 aromatic heterocycles. The molecule has 0 aliphatic rings. The Morgan fingerprint density at radius 3 is 2.44 bits per heavy atom. The van der Waals surface area contributed by atoms with Crippen LogP contribution in [0.3, 0.4) is 0 Å². The largest absolute Gasteiger partial charge is 0.491 e. The van der Waals surface area contributed by atoms with Gasteiger partial charge in [-0.15, -0.1) is 0 Å². The Hall–Kier alpha value is -2.88. The van der Waals surface area contributed by atoms with Crippen LogP contribution in [0.25, 0.3) is 0 Å². The predicted octanol–water partition coefficient (Wildman–Crippen LogP) is 1.93. The van der Waals surface area contributed by atoms with Crippen LogP contribution >= 0.6 is 0 Å². The Kier molecular flexibility index (Phi) is 6.96. The summed E-state index contributed by atoms with van der Waals surface area (Å²) in [6.45, 7) is 0.514. The van der Waals surface area contributed by atoms with Crippen molar-refractivity contribution in [3.05, 3.63) is 65.2 Å². The molecule has 0 aliphatic heterocycles. The van der Waals surface area contributed by atoms with Gasteiger partial charge in [-0.3, -0.25) is 4.79 Å². The van der Waals surface area contributed by atoms with E-state index in [0.29, 0.717) is 23.4 Å². The Morgan fingerprint density at radius 2 is 1.88 bits per heavy atom. The molecule has 2 aromatic rings. The lowest BCUT2D eigenvalue weighted by Gasteiger charge is -2.16. The Labute approximate surface area is 146 Å². The van der Waals surface area contributed by atoms with Crippen molar-refractivity contribution >= 4 is 5.91 Å². The minimum absolute atomic E-state index is 0.0554. The van der Waals surface area contributed by atoms with E-state index in [4.69, 9.17) is 19.8 Å². The van der Waals surface area contributed by atoms with Crippen LogP contribution in [0.15, 0.2) is 48.5 Å². The Balaban J connectivity index is 1.96. The summed E-state index contributed by atoms with van der Waals surface area (Å²) in [6, 6.07) is 16.0. The fourth-order valence-electron chi connectivity index (χ4n) is 2.28. The SMILES string of the molecule is CO[C@H](C(=O)NCc1ccc(C#N)cc1)c1ccc(OCCO)cc1. The topological polar surface area (TPSA) is 91.6 Å². The Morgan fingerprint density at radius 1 is 1.20 bits per heavy atom. The quantitative estimate of drug-likeness (QED) is 0.766. The molecule has 0 aliphatic carbocycles. The molecule has 0 spiro atoms. The van der Waals surface area contributed by atoms with Crippen LogP contribution in [0.2, 0.25) is 0 Å². The molecule has 0 unspecified atom stereocenters. The van der Waals surface area contributed by atoms with Crippen LogP contribution in [0.5, 0.6) is 5.75 Å². The van der Waals surface area contributed by atoms with Crippen molar-refractivity contribution in [1.29, 1.82) is 5.26 Å². The number of nitriles is 1. The number of rotatable bonds is 8. The van der Waals surface area contributed by atoms with Gasteiger partial charge in [-0.2, -0.15) is 5.26 Å². The van der Waals surface area contributed by atoms with E-state index in [1.165, 1.54) is 7.11 Å². The van der Waals surface area contributed by atoms with E-state index in [0.717, 1.165) is 5.56 Å². The number of nitrogens with one attached hydrogen (secondary N) is 1. The van der Waals surface area contributed by atoms with Gasteiger partial charge in [0.15, 0.2) is 6.10 Å². The normalized spacial score (nSPS) is 11.4. The zero-order valence-corrected chi connectivity index (χ0v) is 13.9. The summed E-state index contributed by atoms with van der Waals surface area (Å²) in [5, 5.41) is 20.4. The maximum atomic E-state index is 12.4. The van der Waals surface area contributed by atoms with Crippen molar-refractivity contribution in [3.8, 4) is 11.8 Å². The van der Waals surface area contributed by atoms with E-state index >= 15 is 0 Å². The third-order valence-corrected chi connectivity index (χ3v) is 3.57. The van der Waals surface area contributed by atoms with Gasteiger partial charge in [0.05, 0.1) is 18.2 Å². The van der Waals surface area contributed by atoms with Crippen molar-refractivity contribution in [2.75, 3.05) is 20.3 Å². The first kappa shape index (κ1) is 18.5.